The molecule has 0 saturated carbocycles. The lowest BCUT2D eigenvalue weighted by Gasteiger charge is -2.11. The van der Waals surface area contributed by atoms with Gasteiger partial charge in [0.15, 0.2) is 17.5 Å². The number of aromatic nitrogens is 2. The summed E-state index contributed by atoms with van der Waals surface area (Å²) in [6.45, 7) is 1.39. The van der Waals surface area contributed by atoms with Crippen molar-refractivity contribution in [1.82, 2.24) is 9.97 Å². The van der Waals surface area contributed by atoms with Crippen LogP contribution in [0.2, 0.25) is 0 Å². The Morgan fingerprint density at radius 2 is 1.95 bits per heavy atom. The first-order valence-corrected chi connectivity index (χ1v) is 5.67. The summed E-state index contributed by atoms with van der Waals surface area (Å²) < 4.78 is 53.9. The summed E-state index contributed by atoms with van der Waals surface area (Å²) in [7, 11) is 0. The molecular weight excluding hydrogens is 292 g/mol. The number of halogens is 4. The highest BCUT2D eigenvalue weighted by Crippen LogP contribution is 2.27. The number of nitrogen functional groups attached to an aromatic ring is 1. The van der Waals surface area contributed by atoms with Crippen molar-refractivity contribution in [3.05, 3.63) is 35.8 Å². The Labute approximate surface area is 116 Å². The fourth-order valence-electron chi connectivity index (χ4n) is 1.62. The molecule has 0 fully saturated rings. The van der Waals surface area contributed by atoms with Crippen LogP contribution in [0.4, 0.5) is 23.4 Å². The summed E-state index contributed by atoms with van der Waals surface area (Å²) in [6, 6.07) is 5.04. The first-order valence-electron chi connectivity index (χ1n) is 5.67. The Hall–Kier alpha value is -2.42. The molecular formula is C12H10F4N4O. The van der Waals surface area contributed by atoms with E-state index in [0.717, 1.165) is 12.1 Å². The number of anilines is 1. The average Bonchev–Trinajstić information content (AvgIpc) is 2.40. The van der Waals surface area contributed by atoms with E-state index in [1.165, 1.54) is 19.1 Å². The molecule has 0 aliphatic rings. The van der Waals surface area contributed by atoms with Gasteiger partial charge in [0.2, 0.25) is 0 Å². The van der Waals surface area contributed by atoms with E-state index in [1.54, 1.807) is 0 Å². The number of nitrogens with zero attached hydrogens (tertiary/aromatic N) is 2. The number of nitrogens with two attached hydrogens (primary N) is 1. The molecule has 0 radical (unpaired) electrons. The van der Waals surface area contributed by atoms with Crippen LogP contribution >= 0.6 is 0 Å². The third-order valence-electron chi connectivity index (χ3n) is 2.48. The van der Waals surface area contributed by atoms with Crippen molar-refractivity contribution in [3.63, 3.8) is 0 Å². The molecule has 0 atom stereocenters. The molecule has 0 aliphatic heterocycles. The summed E-state index contributed by atoms with van der Waals surface area (Å²) in [6.07, 6.45) is -4.80. The molecule has 3 N–H and O–H groups in total. The monoisotopic (exact) mass is 302 g/mol. The van der Waals surface area contributed by atoms with Crippen molar-refractivity contribution in [1.29, 1.82) is 0 Å². The zero-order valence-corrected chi connectivity index (χ0v) is 10.7. The quantitative estimate of drug-likeness (QED) is 0.518. The Kier molecular flexibility index (Phi) is 3.94. The van der Waals surface area contributed by atoms with E-state index in [0.29, 0.717) is 0 Å². The van der Waals surface area contributed by atoms with E-state index in [-0.39, 0.29) is 22.9 Å². The Balaban J connectivity index is 2.43. The van der Waals surface area contributed by atoms with E-state index >= 15 is 0 Å². The summed E-state index contributed by atoms with van der Waals surface area (Å²) in [5.41, 5.74) is 2.30. The Morgan fingerprint density at radius 3 is 2.57 bits per heavy atom. The van der Waals surface area contributed by atoms with Gasteiger partial charge in [0.25, 0.3) is 0 Å². The molecule has 0 aliphatic carbocycles. The molecule has 0 saturated heterocycles. The van der Waals surface area contributed by atoms with E-state index in [2.05, 4.69) is 20.1 Å². The maximum atomic E-state index is 13.6. The molecule has 2 aromatic rings. The number of hydrogen-bond acceptors (Lipinski definition) is 5. The molecule has 0 unspecified atom stereocenters. The number of rotatable bonds is 3. The molecule has 9 heteroatoms. The Morgan fingerprint density at radius 1 is 1.24 bits per heavy atom. The summed E-state index contributed by atoms with van der Waals surface area (Å²) in [5.74, 6) is 3.74. The Bertz CT molecular complexity index is 660. The number of hydrazine groups is 1. The third kappa shape index (κ3) is 3.57. The van der Waals surface area contributed by atoms with Crippen LogP contribution in [-0.4, -0.2) is 16.3 Å². The molecule has 0 amide bonds. The van der Waals surface area contributed by atoms with Crippen LogP contribution in [0.15, 0.2) is 24.3 Å². The van der Waals surface area contributed by atoms with E-state index in [4.69, 9.17) is 5.84 Å². The first-order chi connectivity index (χ1) is 9.80. The molecule has 0 bridgehead atoms. The highest BCUT2D eigenvalue weighted by atomic mass is 19.4. The standard InChI is InChI=1S/C12H10F4N4O/c1-6-9(13)11(20-17)19-10(18-6)7-3-2-4-8(5-7)21-12(14,15)16/h2-5H,17H2,1H3,(H,18,19,20). The predicted octanol–water partition coefficient (Wildman–Crippen LogP) is 2.78. The van der Waals surface area contributed by atoms with Gasteiger partial charge in [0.1, 0.15) is 5.75 Å². The smallest absolute Gasteiger partial charge is 0.406 e. The van der Waals surface area contributed by atoms with Crippen LogP contribution in [0.5, 0.6) is 5.75 Å². The minimum absolute atomic E-state index is 0.00935. The maximum Gasteiger partial charge on any atom is 0.573 e. The molecule has 21 heavy (non-hydrogen) atoms. The summed E-state index contributed by atoms with van der Waals surface area (Å²) in [5, 5.41) is 0. The fraction of sp³-hybridized carbons (Fsp3) is 0.167. The van der Waals surface area contributed by atoms with Crippen molar-refractivity contribution in [2.75, 3.05) is 5.43 Å². The average molecular weight is 302 g/mol. The number of ether oxygens (including phenoxy) is 1. The van der Waals surface area contributed by atoms with E-state index in [9.17, 15) is 17.6 Å². The SMILES string of the molecule is Cc1nc(-c2cccc(OC(F)(F)F)c2)nc(NN)c1F. The highest BCUT2D eigenvalue weighted by molar-refractivity contribution is 5.59. The van der Waals surface area contributed by atoms with Gasteiger partial charge in [-0.1, -0.05) is 12.1 Å². The predicted molar refractivity (Wildman–Crippen MR) is 66.7 cm³/mol. The van der Waals surface area contributed by atoms with Crippen molar-refractivity contribution in [3.8, 4) is 17.1 Å². The van der Waals surface area contributed by atoms with Crippen LogP contribution in [0.25, 0.3) is 11.4 Å². The minimum atomic E-state index is -4.80. The van der Waals surface area contributed by atoms with Gasteiger partial charge in [0.05, 0.1) is 5.69 Å². The topological polar surface area (TPSA) is 73.1 Å². The number of aryl methyl sites for hydroxylation is 1. The second-order valence-electron chi connectivity index (χ2n) is 4.02. The van der Waals surface area contributed by atoms with Crippen molar-refractivity contribution < 1.29 is 22.3 Å². The molecule has 1 aromatic carbocycles. The third-order valence-corrected chi connectivity index (χ3v) is 2.48. The normalized spacial score (nSPS) is 11.3. The molecule has 1 heterocycles. The molecule has 112 valence electrons. The second kappa shape index (κ2) is 5.52. The van der Waals surface area contributed by atoms with Gasteiger partial charge in [-0.05, 0) is 19.1 Å². The first kappa shape index (κ1) is 15.0. The largest absolute Gasteiger partial charge is 0.573 e. The second-order valence-corrected chi connectivity index (χ2v) is 4.02. The minimum Gasteiger partial charge on any atom is -0.406 e. The molecule has 0 spiro atoms. The van der Waals surface area contributed by atoms with Crippen LogP contribution < -0.4 is 16.0 Å². The van der Waals surface area contributed by atoms with Crippen LogP contribution in [-0.2, 0) is 0 Å². The summed E-state index contributed by atoms with van der Waals surface area (Å²) >= 11 is 0. The number of nitrogens with one attached hydrogen (secondary N) is 1. The lowest BCUT2D eigenvalue weighted by Crippen LogP contribution is -2.17. The zero-order valence-electron chi connectivity index (χ0n) is 10.7. The van der Waals surface area contributed by atoms with Gasteiger partial charge in [-0.3, -0.25) is 0 Å². The zero-order chi connectivity index (χ0) is 15.6. The van der Waals surface area contributed by atoms with Crippen molar-refractivity contribution in [2.24, 2.45) is 5.84 Å². The van der Waals surface area contributed by atoms with Gasteiger partial charge in [-0.15, -0.1) is 13.2 Å². The maximum absolute atomic E-state index is 13.6. The van der Waals surface area contributed by atoms with Gasteiger partial charge in [-0.2, -0.15) is 0 Å². The molecule has 2 rings (SSSR count). The van der Waals surface area contributed by atoms with Gasteiger partial charge in [-0.25, -0.2) is 20.2 Å². The van der Waals surface area contributed by atoms with Crippen LogP contribution in [0.1, 0.15) is 5.69 Å². The summed E-state index contributed by atoms with van der Waals surface area (Å²) in [4.78, 5) is 7.67. The van der Waals surface area contributed by atoms with E-state index < -0.39 is 17.9 Å². The number of benzene rings is 1. The lowest BCUT2D eigenvalue weighted by molar-refractivity contribution is -0.274. The fourth-order valence-corrected chi connectivity index (χ4v) is 1.62. The van der Waals surface area contributed by atoms with Gasteiger partial charge >= 0.3 is 6.36 Å². The van der Waals surface area contributed by atoms with Gasteiger partial charge < -0.3 is 10.2 Å². The van der Waals surface area contributed by atoms with E-state index in [1.807, 2.05) is 0 Å². The van der Waals surface area contributed by atoms with Crippen molar-refractivity contribution in [2.45, 2.75) is 13.3 Å². The number of alkyl halides is 3. The van der Waals surface area contributed by atoms with Gasteiger partial charge in [0, 0.05) is 5.56 Å². The van der Waals surface area contributed by atoms with Crippen molar-refractivity contribution >= 4 is 5.82 Å². The highest BCUT2D eigenvalue weighted by Gasteiger charge is 2.31. The van der Waals surface area contributed by atoms with Crippen LogP contribution in [0.3, 0.4) is 0 Å². The number of hydrogen-bond donors (Lipinski definition) is 2. The van der Waals surface area contributed by atoms with Crippen LogP contribution in [0, 0.1) is 12.7 Å². The molecule has 5 nitrogen and oxygen atoms in total. The molecule has 1 aromatic heterocycles. The lowest BCUT2D eigenvalue weighted by atomic mass is 10.2.